The van der Waals surface area contributed by atoms with Gasteiger partial charge in [0.2, 0.25) is 6.79 Å². The van der Waals surface area contributed by atoms with Gasteiger partial charge in [0.25, 0.3) is 21.9 Å². The Bertz CT molecular complexity index is 1740. The van der Waals surface area contributed by atoms with Gasteiger partial charge in [-0.25, -0.2) is 9.78 Å². The standard InChI is InChI=1S/C21H23N5O7S3.C7H8O3S/c1-5-6-34-11-8-35-17-13(24-15(27)12(25-31)10-7-36-20(22)23-10)16(28)26(17)14(11)18(29)32-9-33-19(30)21(2,3)4;1-6-2-4-7(5-3-6)11(8,9)10/h1,7,13,17,31H,6,8-9H2,2-4H3,(H2,22,23)(H,24,27);2-5H,1H3,(H,8,9,10)/b25-12-;/t13-,17+;/m1./s1. The summed E-state index contributed by atoms with van der Waals surface area (Å²) in [5.74, 6) is 0.201. The lowest BCUT2D eigenvalue weighted by Gasteiger charge is -2.49. The largest absolute Gasteiger partial charge is 0.427 e. The second-order valence-corrected chi connectivity index (χ2v) is 15.2. The van der Waals surface area contributed by atoms with E-state index in [2.05, 4.69) is 21.4 Å². The molecule has 1 fully saturated rings. The molecule has 15 nitrogen and oxygen atoms in total. The van der Waals surface area contributed by atoms with E-state index in [1.165, 1.54) is 45.9 Å². The van der Waals surface area contributed by atoms with E-state index in [1.807, 2.05) is 6.92 Å². The lowest BCUT2D eigenvalue weighted by atomic mass is 9.98. The van der Waals surface area contributed by atoms with Crippen LogP contribution in [0, 0.1) is 24.7 Å². The number of hydrogen-bond donors (Lipinski definition) is 4. The summed E-state index contributed by atoms with van der Waals surface area (Å²) >= 11 is 3.57. The highest BCUT2D eigenvalue weighted by Crippen LogP contribution is 2.43. The van der Waals surface area contributed by atoms with Crippen LogP contribution in [-0.4, -0.2) is 87.2 Å². The maximum Gasteiger partial charge on any atom is 0.358 e. The van der Waals surface area contributed by atoms with Crippen LogP contribution in [0.15, 0.2) is 50.3 Å². The number of aryl methyl sites for hydroxylation is 1. The third-order valence-electron chi connectivity index (χ3n) is 6.13. The molecular weight excluding hydrogens is 695 g/mol. The van der Waals surface area contributed by atoms with Gasteiger partial charge in [-0.1, -0.05) is 28.8 Å². The molecule has 47 heavy (non-hydrogen) atoms. The van der Waals surface area contributed by atoms with Gasteiger partial charge in [0.05, 0.1) is 16.1 Å². The molecule has 1 saturated heterocycles. The van der Waals surface area contributed by atoms with Crippen LogP contribution in [0.3, 0.4) is 0 Å². The highest BCUT2D eigenvalue weighted by atomic mass is 32.2. The van der Waals surface area contributed by atoms with Crippen molar-refractivity contribution in [1.82, 2.24) is 15.2 Å². The summed E-state index contributed by atoms with van der Waals surface area (Å²) in [6, 6.07) is 4.98. The van der Waals surface area contributed by atoms with Crippen LogP contribution >= 0.6 is 34.9 Å². The van der Waals surface area contributed by atoms with Crippen molar-refractivity contribution in [2.24, 2.45) is 10.6 Å². The summed E-state index contributed by atoms with van der Waals surface area (Å²) in [6.45, 7) is 6.17. The second-order valence-electron chi connectivity index (χ2n) is 10.7. The van der Waals surface area contributed by atoms with Gasteiger partial charge in [-0.15, -0.1) is 41.3 Å². The van der Waals surface area contributed by atoms with E-state index in [-0.39, 0.29) is 27.2 Å². The summed E-state index contributed by atoms with van der Waals surface area (Å²) in [5.41, 5.74) is 5.36. The molecule has 0 unspecified atom stereocenters. The highest BCUT2D eigenvalue weighted by molar-refractivity contribution is 8.06. The second kappa shape index (κ2) is 15.7. The van der Waals surface area contributed by atoms with Crippen molar-refractivity contribution in [1.29, 1.82) is 0 Å². The number of fused-ring (bicyclic) bond motifs is 1. The number of amides is 2. The number of terminal acetylenes is 1. The molecule has 1 aromatic carbocycles. The van der Waals surface area contributed by atoms with E-state index in [0.717, 1.165) is 16.9 Å². The van der Waals surface area contributed by atoms with Gasteiger partial charge in [-0.05, 0) is 39.8 Å². The van der Waals surface area contributed by atoms with Crippen LogP contribution in [0.2, 0.25) is 0 Å². The first-order chi connectivity index (χ1) is 22.0. The molecule has 2 aromatic rings. The lowest BCUT2D eigenvalue weighted by molar-refractivity contribution is -0.173. The van der Waals surface area contributed by atoms with Gasteiger partial charge in [0.15, 0.2) is 10.8 Å². The Labute approximate surface area is 283 Å². The zero-order valence-electron chi connectivity index (χ0n) is 25.5. The van der Waals surface area contributed by atoms with Crippen molar-refractivity contribution in [3.8, 4) is 12.3 Å². The number of esters is 2. The molecule has 0 saturated carbocycles. The maximum absolute atomic E-state index is 13.0. The first-order valence-electron chi connectivity index (χ1n) is 13.4. The molecule has 0 radical (unpaired) electrons. The number of thiazole rings is 1. The van der Waals surface area contributed by atoms with Crippen LogP contribution in [0.25, 0.3) is 0 Å². The average molecular weight is 726 g/mol. The van der Waals surface area contributed by atoms with Crippen LogP contribution in [0.1, 0.15) is 32.0 Å². The first kappa shape index (κ1) is 37.4. The number of β-lactam (4-membered cyclic amide) rings is 1. The molecule has 5 N–H and O–H groups in total. The number of aromatic nitrogens is 1. The fraction of sp³-hybridized carbons (Fsp3) is 0.357. The summed E-state index contributed by atoms with van der Waals surface area (Å²) in [6.07, 6.45) is 5.35. The van der Waals surface area contributed by atoms with Crippen LogP contribution in [0.4, 0.5) is 5.13 Å². The first-order valence-corrected chi connectivity index (χ1v) is 17.7. The summed E-state index contributed by atoms with van der Waals surface area (Å²) in [4.78, 5) is 56.1. The number of rotatable bonds is 9. The quantitative estimate of drug-likeness (QED) is 0.0425. The van der Waals surface area contributed by atoms with Crippen LogP contribution < -0.4 is 11.1 Å². The van der Waals surface area contributed by atoms with E-state index in [1.54, 1.807) is 32.9 Å². The molecule has 3 heterocycles. The molecule has 0 spiro atoms. The molecule has 1 aromatic heterocycles. The van der Waals surface area contributed by atoms with E-state index >= 15 is 0 Å². The Morgan fingerprint density at radius 3 is 2.45 bits per heavy atom. The third kappa shape index (κ3) is 9.48. The van der Waals surface area contributed by atoms with Crippen molar-refractivity contribution in [3.63, 3.8) is 0 Å². The molecule has 4 rings (SSSR count). The van der Waals surface area contributed by atoms with Crippen molar-refractivity contribution in [2.75, 3.05) is 24.0 Å². The number of carbonyl (C=O) groups excluding carboxylic acids is 4. The fourth-order valence-corrected chi connectivity index (χ4v) is 7.11. The maximum atomic E-state index is 13.0. The molecule has 2 aliphatic rings. The van der Waals surface area contributed by atoms with Gasteiger partial charge < -0.3 is 25.7 Å². The fourth-order valence-electron chi connectivity index (χ4n) is 3.77. The molecule has 19 heteroatoms. The Morgan fingerprint density at radius 2 is 1.91 bits per heavy atom. The Morgan fingerprint density at radius 1 is 1.26 bits per heavy atom. The Hall–Kier alpha value is -4.09. The number of nitrogens with two attached hydrogens (primary N) is 1. The number of ether oxygens (including phenoxy) is 2. The molecule has 0 bridgehead atoms. The third-order valence-corrected chi connectivity index (χ3v) is 10.1. The monoisotopic (exact) mass is 725 g/mol. The Balaban J connectivity index is 0.000000461. The van der Waals surface area contributed by atoms with Crippen molar-refractivity contribution >= 4 is 79.6 Å². The number of hydrogen-bond acceptors (Lipinski definition) is 15. The lowest BCUT2D eigenvalue weighted by Crippen LogP contribution is -2.71. The van der Waals surface area contributed by atoms with Crippen LogP contribution in [-0.2, 0) is 38.8 Å². The van der Waals surface area contributed by atoms with Crippen molar-refractivity contribution in [2.45, 2.75) is 44.0 Å². The number of nitrogens with one attached hydrogen (secondary N) is 1. The number of carbonyl (C=O) groups is 4. The summed E-state index contributed by atoms with van der Waals surface area (Å²) in [7, 11) is -4.02. The van der Waals surface area contributed by atoms with Gasteiger partial charge in [-0.2, -0.15) is 8.42 Å². The predicted octanol–water partition coefficient (Wildman–Crippen LogP) is 2.21. The van der Waals surface area contributed by atoms with E-state index in [4.69, 9.17) is 26.2 Å². The van der Waals surface area contributed by atoms with Gasteiger partial charge in [0.1, 0.15) is 22.8 Å². The molecule has 2 aliphatic heterocycles. The van der Waals surface area contributed by atoms with Gasteiger partial charge >= 0.3 is 11.9 Å². The molecule has 252 valence electrons. The number of nitrogen functional groups attached to an aromatic ring is 1. The average Bonchev–Trinajstić information content (AvgIpc) is 3.43. The minimum Gasteiger partial charge on any atom is -0.427 e. The highest BCUT2D eigenvalue weighted by Gasteiger charge is 2.55. The topological polar surface area (TPSA) is 228 Å². The molecule has 0 aliphatic carbocycles. The summed E-state index contributed by atoms with van der Waals surface area (Å²) < 4.78 is 39.7. The zero-order chi connectivity index (χ0) is 35.1. The van der Waals surface area contributed by atoms with Crippen molar-refractivity contribution < 1.29 is 46.8 Å². The number of thioether (sulfide) groups is 2. The smallest absolute Gasteiger partial charge is 0.358 e. The minimum atomic E-state index is -4.02. The van der Waals surface area contributed by atoms with Crippen LogP contribution in [0.5, 0.6) is 0 Å². The van der Waals surface area contributed by atoms with E-state index in [9.17, 15) is 32.8 Å². The predicted molar refractivity (Wildman–Crippen MR) is 176 cm³/mol. The van der Waals surface area contributed by atoms with Gasteiger partial charge in [0, 0.05) is 16.0 Å². The number of benzene rings is 1. The molecule has 2 amide bonds. The normalized spacial score (nSPS) is 17.7. The van der Waals surface area contributed by atoms with Gasteiger partial charge in [-0.3, -0.25) is 23.8 Å². The van der Waals surface area contributed by atoms with E-state index < -0.39 is 63.2 Å². The molecule has 2 atom stereocenters. The number of nitrogens with zero attached hydrogens (tertiary/aromatic N) is 3. The van der Waals surface area contributed by atoms with E-state index in [0.29, 0.717) is 10.7 Å². The molecular formula is C28H31N5O10S4. The minimum absolute atomic E-state index is 0.0235. The summed E-state index contributed by atoms with van der Waals surface area (Å²) in [5, 5.41) is 15.8. The number of anilines is 1. The Kier molecular flexibility index (Phi) is 12.5. The van der Waals surface area contributed by atoms with Crippen molar-refractivity contribution in [3.05, 3.63) is 51.5 Å². The zero-order valence-corrected chi connectivity index (χ0v) is 28.7. The SMILES string of the molecule is C#CCSC1=C(C(=O)OCOC(=O)C(C)(C)C)N2C(=O)[C@@H](NC(=O)/C(=N\O)c3csc(N)n3)[C@@H]2SC1.Cc1ccc(S(=O)(=O)O)cc1. The number of oxime groups is 1.